The van der Waals surface area contributed by atoms with Crippen molar-refractivity contribution in [1.29, 1.82) is 0 Å². The smallest absolute Gasteiger partial charge is 0.250 e. The van der Waals surface area contributed by atoms with Crippen LogP contribution in [0.4, 0.5) is 0 Å². The number of hydrogen-bond donors (Lipinski definition) is 1. The molecule has 154 valence electrons. The molecule has 4 rings (SSSR count). The van der Waals surface area contributed by atoms with Crippen LogP contribution < -0.4 is 0 Å². The van der Waals surface area contributed by atoms with E-state index in [9.17, 15) is 9.59 Å². The van der Waals surface area contributed by atoms with Gasteiger partial charge in [0.25, 0.3) is 0 Å². The van der Waals surface area contributed by atoms with Crippen LogP contribution in [0.3, 0.4) is 0 Å². The highest BCUT2D eigenvalue weighted by Gasteiger charge is 2.53. The first-order chi connectivity index (χ1) is 13.5. The van der Waals surface area contributed by atoms with Gasteiger partial charge in [-0.3, -0.25) is 14.5 Å². The van der Waals surface area contributed by atoms with Crippen LogP contribution in [0.5, 0.6) is 0 Å². The maximum atomic E-state index is 13.0. The number of imide groups is 1. The van der Waals surface area contributed by atoms with Crippen molar-refractivity contribution < 1.29 is 14.0 Å². The van der Waals surface area contributed by atoms with Gasteiger partial charge in [0.1, 0.15) is 0 Å². The minimum absolute atomic E-state index is 0.0628. The van der Waals surface area contributed by atoms with Gasteiger partial charge in [0.05, 0.1) is 17.6 Å². The minimum atomic E-state index is -2.05. The average molecular weight is 411 g/mol. The Labute approximate surface area is 173 Å². The number of rotatable bonds is 3. The van der Waals surface area contributed by atoms with Crippen molar-refractivity contribution >= 4 is 31.0 Å². The van der Waals surface area contributed by atoms with Crippen molar-refractivity contribution in [2.45, 2.75) is 51.2 Å². The van der Waals surface area contributed by atoms with Crippen molar-refractivity contribution in [2.24, 2.45) is 11.8 Å². The standard InChI is InChI=1S/C23H30N2O3Si/c1-23(2,3)29(5,6)28-14-11-16(18-13-24-19-10-8-7-9-15(18)19)20-17(12-14)21(26)25(4)22(20)27/h7-11,13,16-17,20,24H,12H2,1-6H3/t16-,17-,20+/m1/s1. The molecule has 1 aliphatic heterocycles. The van der Waals surface area contributed by atoms with E-state index in [-0.39, 0.29) is 34.6 Å². The van der Waals surface area contributed by atoms with E-state index in [4.69, 9.17) is 4.43 Å². The maximum Gasteiger partial charge on any atom is 0.250 e. The van der Waals surface area contributed by atoms with Crippen molar-refractivity contribution in [1.82, 2.24) is 9.88 Å². The molecule has 2 amide bonds. The van der Waals surface area contributed by atoms with E-state index >= 15 is 0 Å². The van der Waals surface area contributed by atoms with Gasteiger partial charge >= 0.3 is 0 Å². The summed E-state index contributed by atoms with van der Waals surface area (Å²) in [7, 11) is -0.445. The average Bonchev–Trinajstić information content (AvgIpc) is 3.16. The molecule has 0 unspecified atom stereocenters. The predicted octanol–water partition coefficient (Wildman–Crippen LogP) is 4.79. The van der Waals surface area contributed by atoms with Gasteiger partial charge in [-0.1, -0.05) is 39.0 Å². The van der Waals surface area contributed by atoms with E-state index in [1.165, 1.54) is 4.90 Å². The molecule has 1 fully saturated rings. The Morgan fingerprint density at radius 2 is 1.83 bits per heavy atom. The van der Waals surface area contributed by atoms with E-state index in [0.717, 1.165) is 22.2 Å². The third-order valence-corrected chi connectivity index (χ3v) is 11.4. The van der Waals surface area contributed by atoms with E-state index in [1.54, 1.807) is 7.05 Å². The molecule has 2 aromatic rings. The molecule has 2 aliphatic rings. The van der Waals surface area contributed by atoms with Crippen molar-refractivity contribution in [2.75, 3.05) is 7.05 Å². The van der Waals surface area contributed by atoms with Gasteiger partial charge in [0.2, 0.25) is 20.1 Å². The number of carbonyl (C=O) groups excluding carboxylic acids is 2. The number of para-hydroxylation sites is 1. The number of fused-ring (bicyclic) bond motifs is 2. The Balaban J connectivity index is 1.81. The van der Waals surface area contributed by atoms with E-state index in [0.29, 0.717) is 6.42 Å². The Hall–Kier alpha value is -2.34. The molecule has 0 radical (unpaired) electrons. The summed E-state index contributed by atoms with van der Waals surface area (Å²) in [6.45, 7) is 11.1. The molecule has 6 heteroatoms. The first-order valence-corrected chi connectivity index (χ1v) is 13.2. The molecule has 1 N–H and O–H groups in total. The molecule has 0 saturated carbocycles. The van der Waals surface area contributed by atoms with E-state index in [1.807, 2.05) is 24.4 Å². The fourth-order valence-electron chi connectivity index (χ4n) is 4.32. The molecule has 0 bridgehead atoms. The lowest BCUT2D eigenvalue weighted by Crippen LogP contribution is -2.41. The number of benzene rings is 1. The molecule has 3 atom stereocenters. The number of amides is 2. The number of H-pyrrole nitrogens is 1. The van der Waals surface area contributed by atoms with Gasteiger partial charge in [-0.25, -0.2) is 0 Å². The summed E-state index contributed by atoms with van der Waals surface area (Å²) in [5.74, 6) is -0.197. The van der Waals surface area contributed by atoms with Crippen molar-refractivity contribution in [3.05, 3.63) is 47.9 Å². The Kier molecular flexibility index (Phi) is 4.53. The predicted molar refractivity (Wildman–Crippen MR) is 117 cm³/mol. The zero-order valence-corrected chi connectivity index (χ0v) is 19.1. The summed E-state index contributed by atoms with van der Waals surface area (Å²) in [6.07, 6.45) is 4.60. The number of nitrogens with one attached hydrogen (secondary N) is 1. The Bertz CT molecular complexity index is 1010. The van der Waals surface area contributed by atoms with Crippen LogP contribution in [0.25, 0.3) is 10.9 Å². The van der Waals surface area contributed by atoms with Crippen LogP contribution in [0.15, 0.2) is 42.3 Å². The maximum absolute atomic E-state index is 13.0. The second kappa shape index (κ2) is 6.59. The quantitative estimate of drug-likeness (QED) is 0.584. The number of nitrogens with zero attached hydrogens (tertiary/aromatic N) is 1. The van der Waals surface area contributed by atoms with Crippen LogP contribution in [0.2, 0.25) is 18.1 Å². The van der Waals surface area contributed by atoms with Crippen LogP contribution >= 0.6 is 0 Å². The molecular formula is C23H30N2O3Si. The lowest BCUT2D eigenvalue weighted by atomic mass is 9.73. The number of aromatic nitrogens is 1. The molecule has 1 aliphatic carbocycles. The summed E-state index contributed by atoms with van der Waals surface area (Å²) < 4.78 is 6.62. The molecule has 2 heterocycles. The number of hydrogen-bond acceptors (Lipinski definition) is 3. The molecule has 1 aromatic carbocycles. The summed E-state index contributed by atoms with van der Waals surface area (Å²) in [4.78, 5) is 30.5. The van der Waals surface area contributed by atoms with Crippen molar-refractivity contribution in [3.63, 3.8) is 0 Å². The molecule has 5 nitrogen and oxygen atoms in total. The first-order valence-electron chi connectivity index (χ1n) is 10.3. The van der Waals surface area contributed by atoms with Crippen LogP contribution in [-0.2, 0) is 14.0 Å². The zero-order chi connectivity index (χ0) is 21.1. The second-order valence-corrected chi connectivity index (χ2v) is 14.6. The Morgan fingerprint density at radius 3 is 2.52 bits per heavy atom. The molecular weight excluding hydrogens is 380 g/mol. The highest BCUT2D eigenvalue weighted by Crippen LogP contribution is 2.48. The number of aromatic amines is 1. The molecule has 0 spiro atoms. The second-order valence-electron chi connectivity index (χ2n) is 9.88. The van der Waals surface area contributed by atoms with Crippen LogP contribution in [0.1, 0.15) is 38.7 Å². The number of allylic oxidation sites excluding steroid dienone is 2. The topological polar surface area (TPSA) is 62.4 Å². The fourth-order valence-corrected chi connectivity index (χ4v) is 5.44. The molecule has 1 saturated heterocycles. The Morgan fingerprint density at radius 1 is 1.14 bits per heavy atom. The van der Waals surface area contributed by atoms with Crippen molar-refractivity contribution in [3.8, 4) is 0 Å². The lowest BCUT2D eigenvalue weighted by Gasteiger charge is -2.40. The summed E-state index contributed by atoms with van der Waals surface area (Å²) in [5.41, 5.74) is 2.10. The largest absolute Gasteiger partial charge is 0.547 e. The minimum Gasteiger partial charge on any atom is -0.547 e. The highest BCUT2D eigenvalue weighted by molar-refractivity contribution is 6.74. The zero-order valence-electron chi connectivity index (χ0n) is 18.1. The normalized spacial score (nSPS) is 25.4. The molecule has 1 aromatic heterocycles. The van der Waals surface area contributed by atoms with Gasteiger partial charge in [0.15, 0.2) is 0 Å². The van der Waals surface area contributed by atoms with Gasteiger partial charge < -0.3 is 9.41 Å². The lowest BCUT2D eigenvalue weighted by molar-refractivity contribution is -0.138. The van der Waals surface area contributed by atoms with Crippen LogP contribution in [0, 0.1) is 11.8 Å². The van der Waals surface area contributed by atoms with E-state index in [2.05, 4.69) is 51.0 Å². The van der Waals surface area contributed by atoms with Gasteiger partial charge in [0, 0.05) is 36.5 Å². The van der Waals surface area contributed by atoms with Gasteiger partial charge in [-0.05, 0) is 35.8 Å². The third kappa shape index (κ3) is 3.14. The van der Waals surface area contributed by atoms with Gasteiger partial charge in [-0.15, -0.1) is 0 Å². The first kappa shape index (κ1) is 20.0. The summed E-state index contributed by atoms with van der Waals surface area (Å²) in [6, 6.07) is 8.10. The van der Waals surface area contributed by atoms with Crippen LogP contribution in [-0.4, -0.2) is 37.1 Å². The number of likely N-dealkylation sites (tertiary alicyclic amines) is 1. The monoisotopic (exact) mass is 410 g/mol. The highest BCUT2D eigenvalue weighted by atomic mass is 28.4. The SMILES string of the molecule is CN1C(=O)[C@H]2[C@@H](c3c[nH]c4ccccc34)C=C(O[Si](C)(C)C(C)(C)C)C[C@H]2C1=O. The summed E-state index contributed by atoms with van der Waals surface area (Å²) >= 11 is 0. The molecule has 29 heavy (non-hydrogen) atoms. The summed E-state index contributed by atoms with van der Waals surface area (Å²) in [5, 5.41) is 1.16. The number of carbonyl (C=O) groups is 2. The third-order valence-electron chi connectivity index (χ3n) is 7.04. The fraction of sp³-hybridized carbons (Fsp3) is 0.478. The van der Waals surface area contributed by atoms with E-state index < -0.39 is 8.32 Å². The van der Waals surface area contributed by atoms with Gasteiger partial charge in [-0.2, -0.15) is 0 Å².